The minimum absolute atomic E-state index is 0.119. The summed E-state index contributed by atoms with van der Waals surface area (Å²) in [7, 11) is 0. The summed E-state index contributed by atoms with van der Waals surface area (Å²) >= 11 is 0. The first-order valence-electron chi connectivity index (χ1n) is 9.05. The smallest absolute Gasteiger partial charge is 0.227 e. The lowest BCUT2D eigenvalue weighted by molar-refractivity contribution is -0.131. The molecule has 1 unspecified atom stereocenters. The van der Waals surface area contributed by atoms with Crippen LogP contribution in [0.15, 0.2) is 54.9 Å². The third kappa shape index (κ3) is 2.93. The van der Waals surface area contributed by atoms with E-state index in [9.17, 15) is 4.79 Å². The van der Waals surface area contributed by atoms with Gasteiger partial charge in [-0.15, -0.1) is 0 Å². The van der Waals surface area contributed by atoms with E-state index in [4.69, 9.17) is 0 Å². The molecule has 0 aliphatic carbocycles. The van der Waals surface area contributed by atoms with Crippen LogP contribution in [0.2, 0.25) is 0 Å². The molecule has 1 saturated heterocycles. The van der Waals surface area contributed by atoms with Crippen molar-refractivity contribution >= 4 is 16.8 Å². The van der Waals surface area contributed by atoms with Gasteiger partial charge in [0.2, 0.25) is 5.91 Å². The lowest BCUT2D eigenvalue weighted by atomic mass is 10.1. The predicted molar refractivity (Wildman–Crippen MR) is 99.2 cm³/mol. The van der Waals surface area contributed by atoms with Crippen LogP contribution in [0.4, 0.5) is 0 Å². The Morgan fingerprint density at radius 2 is 2.04 bits per heavy atom. The Bertz CT molecular complexity index is 885. The maximum atomic E-state index is 13.0. The summed E-state index contributed by atoms with van der Waals surface area (Å²) in [5, 5.41) is 1.19. The van der Waals surface area contributed by atoms with Crippen LogP contribution in [-0.2, 0) is 17.8 Å². The van der Waals surface area contributed by atoms with Crippen LogP contribution in [0.1, 0.15) is 37.1 Å². The van der Waals surface area contributed by atoms with Crippen molar-refractivity contribution in [3.8, 4) is 0 Å². The van der Waals surface area contributed by atoms with Crippen LogP contribution in [0.5, 0.6) is 0 Å². The Balaban J connectivity index is 1.60. The second-order valence-corrected chi connectivity index (χ2v) is 6.63. The number of pyridine rings is 1. The van der Waals surface area contributed by atoms with Gasteiger partial charge in [0, 0.05) is 36.4 Å². The maximum Gasteiger partial charge on any atom is 0.227 e. The van der Waals surface area contributed by atoms with Gasteiger partial charge in [-0.1, -0.05) is 24.3 Å². The van der Waals surface area contributed by atoms with Crippen LogP contribution >= 0.6 is 0 Å². The van der Waals surface area contributed by atoms with E-state index in [1.807, 2.05) is 35.4 Å². The molecule has 4 heteroatoms. The first-order chi connectivity index (χ1) is 12.3. The number of hydrogen-bond donors (Lipinski definition) is 0. The van der Waals surface area contributed by atoms with E-state index in [1.165, 1.54) is 10.9 Å². The number of hydrogen-bond acceptors (Lipinski definition) is 2. The third-order valence-corrected chi connectivity index (χ3v) is 5.16. The summed E-state index contributed by atoms with van der Waals surface area (Å²) in [6, 6.07) is 14.4. The Morgan fingerprint density at radius 1 is 1.20 bits per heavy atom. The highest BCUT2D eigenvalue weighted by Gasteiger charge is 2.31. The molecule has 3 aromatic rings. The highest BCUT2D eigenvalue weighted by Crippen LogP contribution is 2.32. The second kappa shape index (κ2) is 6.71. The number of aromatic nitrogens is 2. The van der Waals surface area contributed by atoms with Gasteiger partial charge in [-0.25, -0.2) is 0 Å². The van der Waals surface area contributed by atoms with Crippen LogP contribution in [0, 0.1) is 0 Å². The fourth-order valence-corrected chi connectivity index (χ4v) is 3.94. The summed E-state index contributed by atoms with van der Waals surface area (Å²) in [5.74, 6) is 0.201. The molecule has 1 aliphatic heterocycles. The molecule has 4 rings (SSSR count). The van der Waals surface area contributed by atoms with E-state index in [0.29, 0.717) is 6.42 Å². The number of nitrogens with zero attached hydrogens (tertiary/aromatic N) is 3. The van der Waals surface area contributed by atoms with E-state index < -0.39 is 0 Å². The average Bonchev–Trinajstić information content (AvgIpc) is 3.28. The Morgan fingerprint density at radius 3 is 2.84 bits per heavy atom. The number of aryl methyl sites for hydroxylation is 1. The fourth-order valence-electron chi connectivity index (χ4n) is 3.94. The molecular formula is C21H23N3O. The zero-order valence-electron chi connectivity index (χ0n) is 14.6. The van der Waals surface area contributed by atoms with E-state index in [1.54, 1.807) is 0 Å². The van der Waals surface area contributed by atoms with Gasteiger partial charge < -0.3 is 9.47 Å². The largest absolute Gasteiger partial charge is 0.347 e. The molecule has 4 nitrogen and oxygen atoms in total. The minimum atomic E-state index is 0.119. The highest BCUT2D eigenvalue weighted by atomic mass is 16.2. The SMILES string of the molecule is CCn1cc(CC(=O)N2CCCC2c2ccccn2)c2ccccc21. The van der Waals surface area contributed by atoms with Gasteiger partial charge in [0.1, 0.15) is 0 Å². The van der Waals surface area contributed by atoms with Gasteiger partial charge >= 0.3 is 0 Å². The van der Waals surface area contributed by atoms with E-state index >= 15 is 0 Å². The lowest BCUT2D eigenvalue weighted by Crippen LogP contribution is -2.32. The summed E-state index contributed by atoms with van der Waals surface area (Å²) in [4.78, 5) is 19.5. The molecule has 0 spiro atoms. The standard InChI is InChI=1S/C21H23N3O/c1-2-23-15-16(17-8-3-4-10-19(17)23)14-21(25)24-13-7-11-20(24)18-9-5-6-12-22-18/h3-6,8-10,12,15,20H,2,7,11,13-14H2,1H3. The molecule has 1 fully saturated rings. The summed E-state index contributed by atoms with van der Waals surface area (Å²) in [5.41, 5.74) is 3.33. The van der Waals surface area contributed by atoms with Gasteiger partial charge in [0.25, 0.3) is 0 Å². The number of likely N-dealkylation sites (tertiary alicyclic amines) is 1. The zero-order chi connectivity index (χ0) is 17.2. The van der Waals surface area contributed by atoms with Crippen LogP contribution < -0.4 is 0 Å². The fraction of sp³-hybridized carbons (Fsp3) is 0.333. The van der Waals surface area contributed by atoms with Gasteiger partial charge in [-0.2, -0.15) is 0 Å². The Hall–Kier alpha value is -2.62. The first kappa shape index (κ1) is 15.9. The molecule has 25 heavy (non-hydrogen) atoms. The Kier molecular flexibility index (Phi) is 4.26. The number of carbonyl (C=O) groups excluding carboxylic acids is 1. The van der Waals surface area contributed by atoms with Crippen molar-refractivity contribution in [3.05, 3.63) is 66.1 Å². The summed E-state index contributed by atoms with van der Waals surface area (Å²) in [6.45, 7) is 3.87. The molecule has 0 saturated carbocycles. The van der Waals surface area contributed by atoms with Gasteiger partial charge in [0.05, 0.1) is 18.2 Å². The molecule has 1 amide bonds. The van der Waals surface area contributed by atoms with Crippen molar-refractivity contribution in [2.24, 2.45) is 0 Å². The zero-order valence-corrected chi connectivity index (χ0v) is 14.6. The number of para-hydroxylation sites is 1. The number of amides is 1. The number of benzene rings is 1. The number of carbonyl (C=O) groups is 1. The quantitative estimate of drug-likeness (QED) is 0.725. The predicted octanol–water partition coefficient (Wildman–Crippen LogP) is 3.96. The maximum absolute atomic E-state index is 13.0. The lowest BCUT2D eigenvalue weighted by Gasteiger charge is -2.24. The van der Waals surface area contributed by atoms with E-state index in [-0.39, 0.29) is 11.9 Å². The number of rotatable bonds is 4. The monoisotopic (exact) mass is 333 g/mol. The minimum Gasteiger partial charge on any atom is -0.347 e. The Labute approximate surface area is 148 Å². The molecule has 128 valence electrons. The molecule has 3 heterocycles. The normalized spacial score (nSPS) is 17.3. The summed E-state index contributed by atoms with van der Waals surface area (Å²) in [6.07, 6.45) is 6.44. The first-order valence-corrected chi connectivity index (χ1v) is 9.05. The highest BCUT2D eigenvalue weighted by molar-refractivity contribution is 5.89. The van der Waals surface area contributed by atoms with Crippen LogP contribution in [0.25, 0.3) is 10.9 Å². The van der Waals surface area contributed by atoms with Crippen molar-refractivity contribution in [2.75, 3.05) is 6.54 Å². The van der Waals surface area contributed by atoms with Gasteiger partial charge in [-0.05, 0) is 43.5 Å². The second-order valence-electron chi connectivity index (χ2n) is 6.63. The van der Waals surface area contributed by atoms with Crippen molar-refractivity contribution in [2.45, 2.75) is 38.8 Å². The van der Waals surface area contributed by atoms with E-state index in [0.717, 1.165) is 37.2 Å². The molecule has 0 N–H and O–H groups in total. The molecule has 1 aliphatic rings. The molecule has 0 radical (unpaired) electrons. The molecular weight excluding hydrogens is 310 g/mol. The van der Waals surface area contributed by atoms with Gasteiger partial charge in [0.15, 0.2) is 0 Å². The van der Waals surface area contributed by atoms with E-state index in [2.05, 4.69) is 40.9 Å². The molecule has 2 aromatic heterocycles. The van der Waals surface area contributed by atoms with Crippen molar-refractivity contribution in [3.63, 3.8) is 0 Å². The van der Waals surface area contributed by atoms with Crippen molar-refractivity contribution < 1.29 is 4.79 Å². The van der Waals surface area contributed by atoms with Gasteiger partial charge in [-0.3, -0.25) is 9.78 Å². The number of fused-ring (bicyclic) bond motifs is 1. The molecule has 0 bridgehead atoms. The van der Waals surface area contributed by atoms with Crippen LogP contribution in [-0.4, -0.2) is 26.9 Å². The summed E-state index contributed by atoms with van der Waals surface area (Å²) < 4.78 is 2.22. The third-order valence-electron chi connectivity index (χ3n) is 5.16. The molecule has 1 atom stereocenters. The topological polar surface area (TPSA) is 38.1 Å². The molecule has 1 aromatic carbocycles. The van der Waals surface area contributed by atoms with Crippen molar-refractivity contribution in [1.82, 2.24) is 14.5 Å². The van der Waals surface area contributed by atoms with Crippen molar-refractivity contribution in [1.29, 1.82) is 0 Å². The average molecular weight is 333 g/mol. The van der Waals surface area contributed by atoms with Crippen LogP contribution in [0.3, 0.4) is 0 Å².